The van der Waals surface area contributed by atoms with Crippen molar-refractivity contribution in [2.45, 2.75) is 46.1 Å². The van der Waals surface area contributed by atoms with Crippen molar-refractivity contribution in [1.82, 2.24) is 14.9 Å². The number of nitrogens with zero attached hydrogens (tertiary/aromatic N) is 2. The van der Waals surface area contributed by atoms with Crippen LogP contribution in [0.5, 0.6) is 0 Å². The Bertz CT molecular complexity index is 818. The summed E-state index contributed by atoms with van der Waals surface area (Å²) in [5.41, 5.74) is 2.61. The lowest BCUT2D eigenvalue weighted by Crippen LogP contribution is -2.42. The van der Waals surface area contributed by atoms with Crippen LogP contribution in [0.4, 0.5) is 0 Å². The Hall–Kier alpha value is -2.69. The number of amides is 2. The van der Waals surface area contributed by atoms with Crippen molar-refractivity contribution in [3.63, 3.8) is 0 Å². The molecule has 2 aromatic heterocycles. The van der Waals surface area contributed by atoms with Crippen molar-refractivity contribution in [2.75, 3.05) is 0 Å². The zero-order valence-corrected chi connectivity index (χ0v) is 15.1. The second-order valence-corrected chi connectivity index (χ2v) is 5.53. The molecule has 5 nitrogen and oxygen atoms in total. The van der Waals surface area contributed by atoms with Crippen LogP contribution in [0.1, 0.15) is 57.3 Å². The van der Waals surface area contributed by atoms with Crippen LogP contribution < -0.4 is 5.32 Å². The minimum Gasteiger partial charge on any atom is -0.313 e. The predicted octanol–water partition coefficient (Wildman–Crippen LogP) is 4.11. The summed E-state index contributed by atoms with van der Waals surface area (Å²) in [6.45, 7) is 9.97. The Balaban J connectivity index is 0.00000109. The standard InChI is InChI=1S/C18H19N3O2.C2H6/c1-3-5-8-14-12(4-2)13-7-6-11-19-17(13)21(14)15-9-10-16(22)20-18(15)23;1-2/h4-8,11,15H,2-3,9-10H2,1H3,(H,20,22,23);1-2H3/b8-5-;. The van der Waals surface area contributed by atoms with Crippen molar-refractivity contribution in [3.05, 3.63) is 42.2 Å². The SMILES string of the molecule is C=Cc1c(/C=C\CC)n(C2CCC(=O)NC2=O)c2ncccc12.CC. The maximum absolute atomic E-state index is 12.3. The molecule has 2 aromatic rings. The van der Waals surface area contributed by atoms with Gasteiger partial charge in [-0.15, -0.1) is 0 Å². The molecule has 5 heteroatoms. The van der Waals surface area contributed by atoms with E-state index in [0.29, 0.717) is 12.8 Å². The van der Waals surface area contributed by atoms with E-state index < -0.39 is 6.04 Å². The number of rotatable bonds is 4. The van der Waals surface area contributed by atoms with Crippen LogP contribution in [0.2, 0.25) is 0 Å². The summed E-state index contributed by atoms with van der Waals surface area (Å²) in [5, 5.41) is 3.39. The van der Waals surface area contributed by atoms with Gasteiger partial charge in [0.15, 0.2) is 0 Å². The lowest BCUT2D eigenvalue weighted by atomic mass is 10.1. The highest BCUT2D eigenvalue weighted by Gasteiger charge is 2.31. The van der Waals surface area contributed by atoms with Gasteiger partial charge in [-0.3, -0.25) is 14.9 Å². The van der Waals surface area contributed by atoms with Crippen LogP contribution in [0, 0.1) is 0 Å². The molecule has 3 rings (SSSR count). The average molecular weight is 339 g/mol. The van der Waals surface area contributed by atoms with E-state index in [2.05, 4.69) is 23.8 Å². The minimum absolute atomic E-state index is 0.217. The van der Waals surface area contributed by atoms with Crippen LogP contribution in [-0.4, -0.2) is 21.4 Å². The van der Waals surface area contributed by atoms with Crippen molar-refractivity contribution in [3.8, 4) is 0 Å². The third-order valence-corrected chi connectivity index (χ3v) is 4.08. The fraction of sp³-hybridized carbons (Fsp3) is 0.350. The summed E-state index contributed by atoms with van der Waals surface area (Å²) in [7, 11) is 0. The summed E-state index contributed by atoms with van der Waals surface area (Å²) < 4.78 is 1.93. The first-order valence-corrected chi connectivity index (χ1v) is 8.79. The second kappa shape index (κ2) is 8.42. The van der Waals surface area contributed by atoms with Gasteiger partial charge in [0.25, 0.3) is 0 Å². The number of imide groups is 1. The lowest BCUT2D eigenvalue weighted by Gasteiger charge is -2.24. The molecule has 1 saturated heterocycles. The van der Waals surface area contributed by atoms with E-state index in [1.165, 1.54) is 0 Å². The Kier molecular flexibility index (Phi) is 6.28. The van der Waals surface area contributed by atoms with E-state index in [1.807, 2.05) is 42.7 Å². The van der Waals surface area contributed by atoms with Crippen molar-refractivity contribution < 1.29 is 9.59 Å². The molecular formula is C20H25N3O2. The van der Waals surface area contributed by atoms with E-state index in [0.717, 1.165) is 28.7 Å². The van der Waals surface area contributed by atoms with E-state index in [4.69, 9.17) is 0 Å². The number of allylic oxidation sites excluding steroid dienone is 1. The number of piperidine rings is 1. The number of hydrogen-bond acceptors (Lipinski definition) is 3. The van der Waals surface area contributed by atoms with Crippen LogP contribution in [0.3, 0.4) is 0 Å². The largest absolute Gasteiger partial charge is 0.313 e. The first kappa shape index (κ1) is 18.6. The van der Waals surface area contributed by atoms with E-state index in [-0.39, 0.29) is 11.8 Å². The van der Waals surface area contributed by atoms with Crippen molar-refractivity contribution in [1.29, 1.82) is 0 Å². The normalized spacial score (nSPS) is 17.3. The molecule has 2 amide bonds. The quantitative estimate of drug-likeness (QED) is 0.853. The van der Waals surface area contributed by atoms with Gasteiger partial charge in [0.2, 0.25) is 11.8 Å². The molecule has 0 radical (unpaired) electrons. The number of carbonyl (C=O) groups excluding carboxylic acids is 2. The topological polar surface area (TPSA) is 64.0 Å². The van der Waals surface area contributed by atoms with Gasteiger partial charge in [0.1, 0.15) is 11.7 Å². The predicted molar refractivity (Wildman–Crippen MR) is 102 cm³/mol. The number of hydrogen-bond donors (Lipinski definition) is 1. The molecule has 3 heterocycles. The summed E-state index contributed by atoms with van der Waals surface area (Å²) in [5.74, 6) is -0.490. The first-order valence-electron chi connectivity index (χ1n) is 8.79. The number of carbonyl (C=O) groups is 2. The third kappa shape index (κ3) is 3.55. The molecule has 0 aromatic carbocycles. The number of nitrogens with one attached hydrogen (secondary N) is 1. The van der Waals surface area contributed by atoms with E-state index in [1.54, 1.807) is 12.3 Å². The van der Waals surface area contributed by atoms with Crippen LogP contribution >= 0.6 is 0 Å². The van der Waals surface area contributed by atoms with E-state index >= 15 is 0 Å². The fourth-order valence-electron chi connectivity index (χ4n) is 3.04. The highest BCUT2D eigenvalue weighted by atomic mass is 16.2. The molecule has 0 spiro atoms. The molecule has 1 aliphatic rings. The molecule has 25 heavy (non-hydrogen) atoms. The molecule has 0 saturated carbocycles. The molecule has 0 bridgehead atoms. The Morgan fingerprint density at radius 1 is 1.40 bits per heavy atom. The lowest BCUT2D eigenvalue weighted by molar-refractivity contribution is -0.135. The number of pyridine rings is 1. The Morgan fingerprint density at radius 2 is 2.16 bits per heavy atom. The average Bonchev–Trinajstić information content (AvgIpc) is 2.95. The van der Waals surface area contributed by atoms with Crippen LogP contribution in [0.15, 0.2) is 31.0 Å². The maximum atomic E-state index is 12.3. The fourth-order valence-corrected chi connectivity index (χ4v) is 3.04. The highest BCUT2D eigenvalue weighted by Crippen LogP contribution is 2.32. The van der Waals surface area contributed by atoms with Gasteiger partial charge in [-0.25, -0.2) is 4.98 Å². The zero-order valence-electron chi connectivity index (χ0n) is 15.1. The minimum atomic E-state index is -0.435. The molecule has 1 aliphatic heterocycles. The first-order chi connectivity index (χ1) is 12.2. The number of aromatic nitrogens is 2. The summed E-state index contributed by atoms with van der Waals surface area (Å²) in [4.78, 5) is 28.3. The molecular weight excluding hydrogens is 314 g/mol. The van der Waals surface area contributed by atoms with Crippen LogP contribution in [0.25, 0.3) is 23.2 Å². The van der Waals surface area contributed by atoms with Crippen molar-refractivity contribution in [2.24, 2.45) is 0 Å². The van der Waals surface area contributed by atoms with Gasteiger partial charge < -0.3 is 4.57 Å². The van der Waals surface area contributed by atoms with E-state index in [9.17, 15) is 9.59 Å². The molecule has 1 unspecified atom stereocenters. The Morgan fingerprint density at radius 3 is 2.80 bits per heavy atom. The zero-order chi connectivity index (χ0) is 18.4. The summed E-state index contributed by atoms with van der Waals surface area (Å²) in [6, 6.07) is 3.41. The molecule has 1 N–H and O–H groups in total. The monoisotopic (exact) mass is 339 g/mol. The second-order valence-electron chi connectivity index (χ2n) is 5.53. The third-order valence-electron chi connectivity index (χ3n) is 4.08. The maximum Gasteiger partial charge on any atom is 0.249 e. The molecule has 132 valence electrons. The van der Waals surface area contributed by atoms with Gasteiger partial charge in [-0.1, -0.05) is 39.5 Å². The van der Waals surface area contributed by atoms with Gasteiger partial charge in [-0.05, 0) is 31.1 Å². The summed E-state index contributed by atoms with van der Waals surface area (Å²) in [6.07, 6.45) is 9.26. The van der Waals surface area contributed by atoms with Gasteiger partial charge >= 0.3 is 0 Å². The smallest absolute Gasteiger partial charge is 0.249 e. The molecule has 0 aliphatic carbocycles. The van der Waals surface area contributed by atoms with Crippen LogP contribution in [-0.2, 0) is 9.59 Å². The van der Waals surface area contributed by atoms with Gasteiger partial charge in [-0.2, -0.15) is 0 Å². The summed E-state index contributed by atoms with van der Waals surface area (Å²) >= 11 is 0. The van der Waals surface area contributed by atoms with Crippen molar-refractivity contribution >= 4 is 35.0 Å². The van der Waals surface area contributed by atoms with Gasteiger partial charge in [0, 0.05) is 23.6 Å². The molecule has 1 atom stereocenters. The highest BCUT2D eigenvalue weighted by molar-refractivity contribution is 6.01. The number of fused-ring (bicyclic) bond motifs is 1. The van der Waals surface area contributed by atoms with Gasteiger partial charge in [0.05, 0.1) is 5.69 Å². The molecule has 1 fully saturated rings. The Labute approximate surface area is 148 Å².